The number of benzene rings is 8. The first-order chi connectivity index (χ1) is 32.3. The molecule has 0 radical (unpaired) electrons. The van der Waals surface area contributed by atoms with Gasteiger partial charge >= 0.3 is 0 Å². The molecule has 0 saturated heterocycles. The molecule has 0 unspecified atom stereocenters. The smallest absolute Gasteiger partial charge is 0.197 e. The van der Waals surface area contributed by atoms with Crippen LogP contribution in [0.15, 0.2) is 201 Å². The normalized spacial score (nSPS) is 11.9. The molecule has 0 aliphatic heterocycles. The molecule has 8 heteroatoms. The van der Waals surface area contributed by atoms with Crippen LogP contribution in [0.3, 0.4) is 0 Å². The third-order valence-electron chi connectivity index (χ3n) is 13.2. The summed E-state index contributed by atoms with van der Waals surface area (Å²) in [4.78, 5) is 64.7. The summed E-state index contributed by atoms with van der Waals surface area (Å²) in [5, 5.41) is 12.4. The van der Waals surface area contributed by atoms with E-state index in [-0.39, 0.29) is 21.7 Å². The largest absolute Gasteiger partial charge is 0.307 e. The van der Waals surface area contributed by atoms with Crippen LogP contribution in [0.4, 0.5) is 0 Å². The summed E-state index contributed by atoms with van der Waals surface area (Å²) in [6.07, 6.45) is 0. The molecule has 0 atom stereocenters. The Balaban J connectivity index is 1.18. The summed E-state index contributed by atoms with van der Waals surface area (Å²) in [6.45, 7) is 0. The lowest BCUT2D eigenvalue weighted by Crippen LogP contribution is -2.17. The van der Waals surface area contributed by atoms with Crippen LogP contribution in [-0.2, 0) is 0 Å². The standard InChI is InChI=1S/C58H30N4O4/c59-31-32-19-21-33(22-20-32)36-23-43-53-45(24-36)57(65)41-29-42-52(30-51(41)61(53)49-17-9-7-15-39(49)55(43)63)62-50-18-10-8-16-40(50)56(64)44-25-37(26-46(54(44)62)58(42)66)38-27-47(34-11-3-1-4-12-34)60-48(28-38)35-13-5-2-6-14-35/h1-30H. The van der Waals surface area contributed by atoms with Crippen molar-refractivity contribution in [2.75, 3.05) is 0 Å². The lowest BCUT2D eigenvalue weighted by Gasteiger charge is -2.19. The van der Waals surface area contributed by atoms with Crippen molar-refractivity contribution in [3.05, 3.63) is 228 Å². The monoisotopic (exact) mass is 846 g/mol. The van der Waals surface area contributed by atoms with Gasteiger partial charge in [0, 0.05) is 54.2 Å². The maximum absolute atomic E-state index is 15.4. The molecule has 5 aromatic heterocycles. The molecule has 66 heavy (non-hydrogen) atoms. The first kappa shape index (κ1) is 37.3. The highest BCUT2D eigenvalue weighted by Gasteiger charge is 2.24. The molecule has 0 fully saturated rings. The second-order valence-corrected chi connectivity index (χ2v) is 16.8. The van der Waals surface area contributed by atoms with Gasteiger partial charge in [-0.15, -0.1) is 0 Å². The zero-order valence-corrected chi connectivity index (χ0v) is 34.7. The van der Waals surface area contributed by atoms with Gasteiger partial charge in [0.2, 0.25) is 0 Å². The van der Waals surface area contributed by atoms with Gasteiger partial charge in [-0.05, 0) is 107 Å². The van der Waals surface area contributed by atoms with Crippen LogP contribution in [0.1, 0.15) is 5.56 Å². The fourth-order valence-electron chi connectivity index (χ4n) is 10.1. The van der Waals surface area contributed by atoms with Gasteiger partial charge in [0.05, 0.1) is 56.1 Å². The van der Waals surface area contributed by atoms with Crippen molar-refractivity contribution < 1.29 is 0 Å². The number of rotatable bonds is 4. The summed E-state index contributed by atoms with van der Waals surface area (Å²) >= 11 is 0. The van der Waals surface area contributed by atoms with Gasteiger partial charge in [-0.25, -0.2) is 4.98 Å². The second-order valence-electron chi connectivity index (χ2n) is 16.8. The summed E-state index contributed by atoms with van der Waals surface area (Å²) in [5.41, 5.74) is 8.80. The Morgan fingerprint density at radius 1 is 0.333 bits per heavy atom. The highest BCUT2D eigenvalue weighted by atomic mass is 16.1. The van der Waals surface area contributed by atoms with E-state index >= 15 is 9.59 Å². The van der Waals surface area contributed by atoms with Crippen LogP contribution in [0, 0.1) is 11.3 Å². The molecule has 0 N–H and O–H groups in total. The van der Waals surface area contributed by atoms with Crippen molar-refractivity contribution in [1.82, 2.24) is 13.8 Å². The van der Waals surface area contributed by atoms with E-state index in [0.717, 1.165) is 33.6 Å². The summed E-state index contributed by atoms with van der Waals surface area (Å²) in [5.74, 6) is 0. The van der Waals surface area contributed by atoms with Crippen LogP contribution >= 0.6 is 0 Å². The number of nitrogens with zero attached hydrogens (tertiary/aromatic N) is 4. The van der Waals surface area contributed by atoms with Crippen LogP contribution in [0.25, 0.3) is 121 Å². The number of hydrogen-bond acceptors (Lipinski definition) is 6. The molecule has 8 aromatic carbocycles. The van der Waals surface area contributed by atoms with Crippen LogP contribution in [0.5, 0.6) is 0 Å². The molecule has 13 aromatic rings. The van der Waals surface area contributed by atoms with Crippen LogP contribution < -0.4 is 21.7 Å². The van der Waals surface area contributed by atoms with Crippen molar-refractivity contribution in [1.29, 1.82) is 5.26 Å². The number of aromatic nitrogens is 3. The van der Waals surface area contributed by atoms with Gasteiger partial charge in [0.1, 0.15) is 0 Å². The van der Waals surface area contributed by atoms with Crippen LogP contribution in [-0.4, -0.2) is 13.8 Å². The third-order valence-corrected chi connectivity index (χ3v) is 13.2. The third kappa shape index (κ3) is 5.28. The topological polar surface area (TPSA) is 114 Å². The van der Waals surface area contributed by atoms with E-state index < -0.39 is 0 Å². The first-order valence-corrected chi connectivity index (χ1v) is 21.5. The van der Waals surface area contributed by atoms with E-state index in [1.807, 2.05) is 142 Å². The summed E-state index contributed by atoms with van der Waals surface area (Å²) in [6, 6.07) is 58.6. The van der Waals surface area contributed by atoms with E-state index in [4.69, 9.17) is 4.98 Å². The zero-order valence-electron chi connectivity index (χ0n) is 34.7. The Kier molecular flexibility index (Phi) is 7.81. The highest BCUT2D eigenvalue weighted by Crippen LogP contribution is 2.37. The zero-order chi connectivity index (χ0) is 44.4. The van der Waals surface area contributed by atoms with Gasteiger partial charge in [0.25, 0.3) is 0 Å². The maximum Gasteiger partial charge on any atom is 0.197 e. The number of para-hydroxylation sites is 2. The Morgan fingerprint density at radius 3 is 1.18 bits per heavy atom. The average Bonchev–Trinajstić information content (AvgIpc) is 3.38. The van der Waals surface area contributed by atoms with Gasteiger partial charge in [-0.2, -0.15) is 5.26 Å². The first-order valence-electron chi connectivity index (χ1n) is 21.5. The van der Waals surface area contributed by atoms with E-state index in [1.54, 1.807) is 48.5 Å². The SMILES string of the molecule is N#Cc1ccc(-c2cc3c(=O)c4ccccc4n4c5cc6c(cc5c(=O)c(c2)c34)c(=O)c2cc(-c3cc(-c4ccccc4)nc(-c4ccccc4)c3)cc3c(=O)c4ccccc4n6c32)cc1. The number of pyridine rings is 5. The van der Waals surface area contributed by atoms with Gasteiger partial charge in [-0.3, -0.25) is 19.2 Å². The summed E-state index contributed by atoms with van der Waals surface area (Å²) < 4.78 is 3.94. The van der Waals surface area contributed by atoms with Crippen molar-refractivity contribution in [2.24, 2.45) is 0 Å². The lowest BCUT2D eigenvalue weighted by molar-refractivity contribution is 1.28. The Labute approximate surface area is 373 Å². The molecule has 0 spiro atoms. The molecule has 13 rings (SSSR count). The molecule has 0 saturated carbocycles. The van der Waals surface area contributed by atoms with Crippen molar-refractivity contribution >= 4 is 76.2 Å². The Morgan fingerprint density at radius 2 is 0.727 bits per heavy atom. The molecule has 0 bridgehead atoms. The lowest BCUT2D eigenvalue weighted by atomic mass is 9.94. The molecule has 0 amide bonds. The molecule has 8 nitrogen and oxygen atoms in total. The minimum atomic E-state index is -0.330. The molecule has 0 aliphatic rings. The Hall–Kier alpha value is -9.32. The molecule has 5 heterocycles. The number of fused-ring (bicyclic) bond motifs is 8. The Bertz CT molecular complexity index is 4480. The number of hydrogen-bond donors (Lipinski definition) is 0. The van der Waals surface area contributed by atoms with Gasteiger partial charge < -0.3 is 8.80 Å². The minimum absolute atomic E-state index is 0.204. The maximum atomic E-state index is 15.4. The molecular weight excluding hydrogens is 817 g/mol. The fraction of sp³-hybridized carbons (Fsp3) is 0. The average molecular weight is 847 g/mol. The van der Waals surface area contributed by atoms with Gasteiger partial charge in [-0.1, -0.05) is 97.1 Å². The minimum Gasteiger partial charge on any atom is -0.307 e. The van der Waals surface area contributed by atoms with Crippen molar-refractivity contribution in [3.8, 4) is 50.8 Å². The van der Waals surface area contributed by atoms with E-state index in [2.05, 4.69) is 6.07 Å². The molecule has 306 valence electrons. The molecular formula is C58H30N4O4. The fourth-order valence-corrected chi connectivity index (χ4v) is 10.1. The van der Waals surface area contributed by atoms with E-state index in [9.17, 15) is 14.9 Å². The van der Waals surface area contributed by atoms with Crippen molar-refractivity contribution in [3.63, 3.8) is 0 Å². The molecule has 0 aliphatic carbocycles. The number of nitriles is 1. The van der Waals surface area contributed by atoms with Gasteiger partial charge in [0.15, 0.2) is 21.7 Å². The van der Waals surface area contributed by atoms with Crippen molar-refractivity contribution in [2.45, 2.75) is 0 Å². The predicted octanol–water partition coefficient (Wildman–Crippen LogP) is 11.4. The quantitative estimate of drug-likeness (QED) is 0.129. The van der Waals surface area contributed by atoms with E-state index in [0.29, 0.717) is 92.9 Å². The second kappa shape index (κ2) is 13.8. The summed E-state index contributed by atoms with van der Waals surface area (Å²) in [7, 11) is 0. The highest BCUT2D eigenvalue weighted by molar-refractivity contribution is 6.14. The van der Waals surface area contributed by atoms with E-state index in [1.165, 1.54) is 0 Å². The van der Waals surface area contributed by atoms with Crippen LogP contribution in [0.2, 0.25) is 0 Å². The predicted molar refractivity (Wildman–Crippen MR) is 265 cm³/mol.